The number of nitrogens with two attached hydrogens (primary N) is 2. The van der Waals surface area contributed by atoms with Crippen molar-refractivity contribution in [3.8, 4) is 0 Å². The second-order valence-corrected chi connectivity index (χ2v) is 8.11. The second kappa shape index (κ2) is 13.9. The normalized spacial score (nSPS) is 14.8. The Bertz CT molecular complexity index is 772. The average molecular weight is 467 g/mol. The van der Waals surface area contributed by atoms with Crippen LogP contribution in [0.5, 0.6) is 0 Å². The van der Waals surface area contributed by atoms with Crippen LogP contribution in [0.25, 0.3) is 0 Å². The van der Waals surface area contributed by atoms with Crippen molar-refractivity contribution < 1.29 is 29.1 Å². The highest BCUT2D eigenvalue weighted by Gasteiger charge is 2.28. The molecule has 0 unspecified atom stereocenters. The molecule has 184 valence electrons. The summed E-state index contributed by atoms with van der Waals surface area (Å²) in [5, 5.41) is 14.5. The molecule has 0 aliphatic carbocycles. The molecule has 0 aromatic heterocycles. The number of unbranched alkanes of at least 4 members (excludes halogenated alkanes) is 2. The van der Waals surface area contributed by atoms with Crippen molar-refractivity contribution >= 4 is 35.6 Å². The number of nitrogens with zero attached hydrogens (tertiary/aromatic N) is 2. The van der Waals surface area contributed by atoms with Crippen LogP contribution in [0.3, 0.4) is 0 Å². The lowest BCUT2D eigenvalue weighted by Gasteiger charge is -2.24. The summed E-state index contributed by atoms with van der Waals surface area (Å²) in [5.74, 6) is -3.12. The number of aliphatic imine (C=N–C) groups is 1. The molecule has 0 aromatic carbocycles. The fourth-order valence-electron chi connectivity index (χ4n) is 3.19. The van der Waals surface area contributed by atoms with Gasteiger partial charge in [-0.05, 0) is 31.6 Å². The Labute approximate surface area is 192 Å². The van der Waals surface area contributed by atoms with Gasteiger partial charge < -0.3 is 27.2 Å². The van der Waals surface area contributed by atoms with E-state index in [-0.39, 0.29) is 49.0 Å². The van der Waals surface area contributed by atoms with E-state index in [0.717, 1.165) is 4.90 Å². The zero-order chi connectivity index (χ0) is 25.0. The monoisotopic (exact) mass is 466 g/mol. The van der Waals surface area contributed by atoms with Crippen LogP contribution in [0.4, 0.5) is 0 Å². The lowest BCUT2D eigenvalue weighted by Crippen LogP contribution is -2.53. The van der Waals surface area contributed by atoms with Gasteiger partial charge in [-0.3, -0.25) is 29.1 Å². The predicted octanol–water partition coefficient (Wildman–Crippen LogP) is -0.764. The van der Waals surface area contributed by atoms with Crippen LogP contribution in [-0.2, 0) is 24.0 Å². The van der Waals surface area contributed by atoms with Gasteiger partial charge in [0.05, 0.1) is 0 Å². The number of carbonyl (C=O) groups is 5. The maximum atomic E-state index is 12.6. The number of nitrogens with one attached hydrogen (secondary N) is 2. The van der Waals surface area contributed by atoms with Gasteiger partial charge in [0.2, 0.25) is 11.8 Å². The first-order valence-electron chi connectivity index (χ1n) is 10.9. The molecule has 1 rings (SSSR count). The van der Waals surface area contributed by atoms with E-state index in [2.05, 4.69) is 15.6 Å². The minimum absolute atomic E-state index is 0.0940. The molecule has 0 fully saturated rings. The van der Waals surface area contributed by atoms with E-state index in [1.807, 2.05) is 0 Å². The minimum atomic E-state index is -1.19. The van der Waals surface area contributed by atoms with Crippen LogP contribution in [0.1, 0.15) is 52.4 Å². The molecule has 0 radical (unpaired) electrons. The molecule has 2 atom stereocenters. The molecule has 7 N–H and O–H groups in total. The third-order valence-electron chi connectivity index (χ3n) is 5.01. The molecule has 1 heterocycles. The summed E-state index contributed by atoms with van der Waals surface area (Å²) in [7, 11) is 0. The van der Waals surface area contributed by atoms with Crippen LogP contribution >= 0.6 is 0 Å². The summed E-state index contributed by atoms with van der Waals surface area (Å²) in [6.07, 6.45) is 4.83. The number of aliphatic carboxylic acids is 1. The molecule has 1 aliphatic rings. The van der Waals surface area contributed by atoms with Gasteiger partial charge in [-0.15, -0.1) is 0 Å². The van der Waals surface area contributed by atoms with Crippen LogP contribution in [-0.4, -0.2) is 70.7 Å². The summed E-state index contributed by atoms with van der Waals surface area (Å²) in [4.78, 5) is 64.3. The number of hydrogen-bond acceptors (Lipinski definition) is 6. The number of guanidine groups is 1. The Balaban J connectivity index is 2.44. The lowest BCUT2D eigenvalue weighted by atomic mass is 10.0. The number of carbonyl (C=O) groups excluding carboxylic acids is 4. The van der Waals surface area contributed by atoms with Gasteiger partial charge in [-0.25, -0.2) is 4.79 Å². The Kier molecular flexibility index (Phi) is 11.6. The van der Waals surface area contributed by atoms with Gasteiger partial charge in [0, 0.05) is 31.7 Å². The van der Waals surface area contributed by atoms with Crippen LogP contribution in [0.15, 0.2) is 17.1 Å². The lowest BCUT2D eigenvalue weighted by molar-refractivity contribution is -0.142. The van der Waals surface area contributed by atoms with Gasteiger partial charge in [0.25, 0.3) is 11.8 Å². The predicted molar refractivity (Wildman–Crippen MR) is 121 cm³/mol. The average Bonchev–Trinajstić information content (AvgIpc) is 3.05. The molecule has 0 aromatic rings. The largest absolute Gasteiger partial charge is 0.480 e. The third-order valence-corrected chi connectivity index (χ3v) is 5.01. The van der Waals surface area contributed by atoms with Gasteiger partial charge in [-0.1, -0.05) is 20.3 Å². The van der Waals surface area contributed by atoms with Crippen molar-refractivity contribution in [1.82, 2.24) is 15.5 Å². The molecule has 0 bridgehead atoms. The van der Waals surface area contributed by atoms with Crippen LogP contribution < -0.4 is 22.1 Å². The van der Waals surface area contributed by atoms with Crippen LogP contribution in [0.2, 0.25) is 0 Å². The van der Waals surface area contributed by atoms with E-state index in [0.29, 0.717) is 32.2 Å². The van der Waals surface area contributed by atoms with Crippen molar-refractivity contribution in [1.29, 1.82) is 0 Å². The summed E-state index contributed by atoms with van der Waals surface area (Å²) < 4.78 is 0. The van der Waals surface area contributed by atoms with Crippen molar-refractivity contribution in [2.45, 2.75) is 64.5 Å². The summed E-state index contributed by atoms with van der Waals surface area (Å²) in [5.41, 5.74) is 10.5. The van der Waals surface area contributed by atoms with Gasteiger partial charge in [-0.2, -0.15) is 0 Å². The zero-order valence-electron chi connectivity index (χ0n) is 19.1. The Morgan fingerprint density at radius 1 is 1.03 bits per heavy atom. The molecular weight excluding hydrogens is 432 g/mol. The molecule has 12 nitrogen and oxygen atoms in total. The van der Waals surface area contributed by atoms with Crippen molar-refractivity contribution in [2.24, 2.45) is 22.4 Å². The minimum Gasteiger partial charge on any atom is -0.480 e. The number of hydrogen-bond donors (Lipinski definition) is 5. The number of imide groups is 1. The smallest absolute Gasteiger partial charge is 0.326 e. The number of carboxylic acid groups (broad SMARTS) is 1. The standard InChI is InChI=1S/C21H34N6O6/c1-13(2)18(19(31)25-14(20(32)33)7-6-11-24-21(22)23)26-15(28)8-4-3-5-12-27-16(29)9-10-17(27)30/h9-10,13-14,18H,3-8,11-12H2,1-2H3,(H,25,31)(H,26,28)(H,32,33)(H4,22,23,24)/t14-,18-/m0/s1. The maximum absolute atomic E-state index is 12.6. The maximum Gasteiger partial charge on any atom is 0.326 e. The molecule has 0 saturated heterocycles. The number of carboxylic acids is 1. The van der Waals surface area contributed by atoms with Crippen molar-refractivity contribution in [3.05, 3.63) is 12.2 Å². The molecule has 12 heteroatoms. The quantitative estimate of drug-likeness (QED) is 0.0897. The van der Waals surface area contributed by atoms with Crippen molar-refractivity contribution in [3.63, 3.8) is 0 Å². The molecule has 0 saturated carbocycles. The molecule has 33 heavy (non-hydrogen) atoms. The fraction of sp³-hybridized carbons (Fsp3) is 0.619. The van der Waals surface area contributed by atoms with Gasteiger partial charge in [0.1, 0.15) is 12.1 Å². The topological polar surface area (TPSA) is 197 Å². The van der Waals surface area contributed by atoms with E-state index in [9.17, 15) is 29.1 Å². The molecule has 0 spiro atoms. The SMILES string of the molecule is CC(C)[C@H](NC(=O)CCCCCN1C(=O)C=CC1=O)C(=O)N[C@@H](CCCN=C(N)N)C(=O)O. The third kappa shape index (κ3) is 10.1. The molecule has 4 amide bonds. The van der Waals surface area contributed by atoms with E-state index in [1.165, 1.54) is 12.2 Å². The number of amides is 4. The Morgan fingerprint density at radius 2 is 1.67 bits per heavy atom. The first kappa shape index (κ1) is 27.6. The van der Waals surface area contributed by atoms with E-state index >= 15 is 0 Å². The Hall–Kier alpha value is -3.44. The highest BCUT2D eigenvalue weighted by atomic mass is 16.4. The van der Waals surface area contributed by atoms with Gasteiger partial charge in [0.15, 0.2) is 5.96 Å². The summed E-state index contributed by atoms with van der Waals surface area (Å²) >= 11 is 0. The second-order valence-electron chi connectivity index (χ2n) is 8.11. The summed E-state index contributed by atoms with van der Waals surface area (Å²) in [6, 6.07) is -2.02. The first-order valence-corrected chi connectivity index (χ1v) is 10.9. The first-order chi connectivity index (χ1) is 15.5. The number of rotatable bonds is 15. The van der Waals surface area contributed by atoms with Crippen molar-refractivity contribution in [2.75, 3.05) is 13.1 Å². The Morgan fingerprint density at radius 3 is 2.21 bits per heavy atom. The molecule has 1 aliphatic heterocycles. The van der Waals surface area contributed by atoms with E-state index in [4.69, 9.17) is 11.5 Å². The summed E-state index contributed by atoms with van der Waals surface area (Å²) in [6.45, 7) is 4.03. The van der Waals surface area contributed by atoms with E-state index < -0.39 is 24.0 Å². The zero-order valence-corrected chi connectivity index (χ0v) is 19.1. The van der Waals surface area contributed by atoms with Crippen LogP contribution in [0, 0.1) is 5.92 Å². The molecular formula is C21H34N6O6. The van der Waals surface area contributed by atoms with E-state index in [1.54, 1.807) is 13.8 Å². The fourth-order valence-corrected chi connectivity index (χ4v) is 3.19. The van der Waals surface area contributed by atoms with Gasteiger partial charge >= 0.3 is 5.97 Å². The highest BCUT2D eigenvalue weighted by Crippen LogP contribution is 2.09. The highest BCUT2D eigenvalue weighted by molar-refractivity contribution is 6.12.